The molecule has 1 heterocycles. The maximum atomic E-state index is 5.03. The van der Waals surface area contributed by atoms with E-state index in [0.717, 1.165) is 31.1 Å². The van der Waals surface area contributed by atoms with Crippen molar-refractivity contribution in [2.24, 2.45) is 0 Å². The monoisotopic (exact) mass is 225 g/mol. The molecule has 1 aromatic rings. The largest absolute Gasteiger partial charge is 0.361 e. The second-order valence-electron chi connectivity index (χ2n) is 5.34. The minimum absolute atomic E-state index is 0.186. The minimum atomic E-state index is 0.186. The first kappa shape index (κ1) is 13.2. The van der Waals surface area contributed by atoms with Gasteiger partial charge in [-0.1, -0.05) is 5.16 Å². The first-order chi connectivity index (χ1) is 7.37. The lowest BCUT2D eigenvalue weighted by atomic mass is 10.1. The maximum absolute atomic E-state index is 5.03. The van der Waals surface area contributed by atoms with Crippen molar-refractivity contribution in [2.45, 2.75) is 39.8 Å². The Kier molecular flexibility index (Phi) is 4.50. The fourth-order valence-corrected chi connectivity index (χ4v) is 1.47. The summed E-state index contributed by atoms with van der Waals surface area (Å²) in [6.45, 7) is 11.3. The number of aromatic nitrogens is 1. The van der Waals surface area contributed by atoms with E-state index in [1.807, 2.05) is 13.0 Å². The molecule has 0 saturated carbocycles. The van der Waals surface area contributed by atoms with Crippen LogP contribution in [0.25, 0.3) is 0 Å². The van der Waals surface area contributed by atoms with Crippen LogP contribution in [0.3, 0.4) is 0 Å². The van der Waals surface area contributed by atoms with Gasteiger partial charge in [-0.3, -0.25) is 4.90 Å². The van der Waals surface area contributed by atoms with Crippen LogP contribution in [0.1, 0.15) is 32.2 Å². The third-order valence-electron chi connectivity index (χ3n) is 2.26. The number of aryl methyl sites for hydroxylation is 1. The number of rotatable bonds is 5. The molecule has 0 aliphatic carbocycles. The Hall–Kier alpha value is -0.870. The van der Waals surface area contributed by atoms with E-state index in [9.17, 15) is 0 Å². The van der Waals surface area contributed by atoms with Gasteiger partial charge in [0.1, 0.15) is 5.76 Å². The Morgan fingerprint density at radius 2 is 2.12 bits per heavy atom. The van der Waals surface area contributed by atoms with Crippen LogP contribution >= 0.6 is 0 Å². The third-order valence-corrected chi connectivity index (χ3v) is 2.26. The van der Waals surface area contributed by atoms with Gasteiger partial charge in [0.25, 0.3) is 0 Å². The van der Waals surface area contributed by atoms with E-state index < -0.39 is 0 Å². The Morgan fingerprint density at radius 1 is 1.44 bits per heavy atom. The average molecular weight is 225 g/mol. The minimum Gasteiger partial charge on any atom is -0.361 e. The maximum Gasteiger partial charge on any atom is 0.133 e. The van der Waals surface area contributed by atoms with Gasteiger partial charge >= 0.3 is 0 Å². The summed E-state index contributed by atoms with van der Waals surface area (Å²) in [6.07, 6.45) is 0. The highest BCUT2D eigenvalue weighted by atomic mass is 16.5. The predicted molar refractivity (Wildman–Crippen MR) is 65.3 cm³/mol. The normalized spacial score (nSPS) is 12.4. The van der Waals surface area contributed by atoms with Crippen molar-refractivity contribution in [1.29, 1.82) is 0 Å². The summed E-state index contributed by atoms with van der Waals surface area (Å²) in [7, 11) is 2.09. The molecule has 0 aromatic carbocycles. The zero-order chi connectivity index (χ0) is 12.2. The van der Waals surface area contributed by atoms with Gasteiger partial charge in [0.05, 0.1) is 5.69 Å². The molecule has 0 amide bonds. The van der Waals surface area contributed by atoms with Gasteiger partial charge in [0.2, 0.25) is 0 Å². The lowest BCUT2D eigenvalue weighted by molar-refractivity contribution is 0.292. The SMILES string of the molecule is Cc1cc(CN(C)CCNC(C)(C)C)no1. The molecule has 1 N–H and O–H groups in total. The van der Waals surface area contributed by atoms with Crippen molar-refractivity contribution in [3.05, 3.63) is 17.5 Å². The van der Waals surface area contributed by atoms with E-state index in [1.165, 1.54) is 0 Å². The van der Waals surface area contributed by atoms with E-state index >= 15 is 0 Å². The Morgan fingerprint density at radius 3 is 2.62 bits per heavy atom. The van der Waals surface area contributed by atoms with Gasteiger partial charge in [-0.05, 0) is 34.7 Å². The molecule has 92 valence electrons. The van der Waals surface area contributed by atoms with Crippen molar-refractivity contribution in [1.82, 2.24) is 15.4 Å². The molecule has 0 aliphatic rings. The molecule has 0 saturated heterocycles. The van der Waals surface area contributed by atoms with Crippen LogP contribution in [0.15, 0.2) is 10.6 Å². The molecule has 4 nitrogen and oxygen atoms in total. The summed E-state index contributed by atoms with van der Waals surface area (Å²) in [4.78, 5) is 2.23. The molecule has 1 rings (SSSR count). The predicted octanol–water partition coefficient (Wildman–Crippen LogP) is 1.80. The molecular weight excluding hydrogens is 202 g/mol. The molecule has 4 heteroatoms. The van der Waals surface area contributed by atoms with E-state index in [-0.39, 0.29) is 5.54 Å². The molecule has 0 fully saturated rings. The third kappa shape index (κ3) is 5.28. The smallest absolute Gasteiger partial charge is 0.133 e. The zero-order valence-electron chi connectivity index (χ0n) is 11.0. The van der Waals surface area contributed by atoms with E-state index in [0.29, 0.717) is 0 Å². The topological polar surface area (TPSA) is 41.3 Å². The second-order valence-corrected chi connectivity index (χ2v) is 5.34. The van der Waals surface area contributed by atoms with Crippen LogP contribution in [-0.2, 0) is 6.54 Å². The summed E-state index contributed by atoms with van der Waals surface area (Å²) >= 11 is 0. The number of nitrogens with zero attached hydrogens (tertiary/aromatic N) is 2. The van der Waals surface area contributed by atoms with Crippen LogP contribution < -0.4 is 5.32 Å². The second kappa shape index (κ2) is 5.46. The molecule has 0 radical (unpaired) electrons. The quantitative estimate of drug-likeness (QED) is 0.829. The summed E-state index contributed by atoms with van der Waals surface area (Å²) in [5.41, 5.74) is 1.18. The highest BCUT2D eigenvalue weighted by Crippen LogP contribution is 2.04. The van der Waals surface area contributed by atoms with Crippen molar-refractivity contribution >= 4 is 0 Å². The zero-order valence-corrected chi connectivity index (χ0v) is 11.0. The van der Waals surface area contributed by atoms with Gasteiger partial charge in [-0.25, -0.2) is 0 Å². The van der Waals surface area contributed by atoms with E-state index in [2.05, 4.69) is 43.2 Å². The molecule has 1 aromatic heterocycles. The highest BCUT2D eigenvalue weighted by molar-refractivity contribution is 5.02. The molecule has 0 spiro atoms. The summed E-state index contributed by atoms with van der Waals surface area (Å²) < 4.78 is 5.03. The summed E-state index contributed by atoms with van der Waals surface area (Å²) in [6, 6.07) is 1.98. The van der Waals surface area contributed by atoms with Crippen molar-refractivity contribution in [3.63, 3.8) is 0 Å². The fraction of sp³-hybridized carbons (Fsp3) is 0.750. The lowest BCUT2D eigenvalue weighted by Crippen LogP contribution is -2.40. The van der Waals surface area contributed by atoms with Crippen LogP contribution in [-0.4, -0.2) is 35.7 Å². The standard InChI is InChI=1S/C12H23N3O/c1-10-8-11(14-16-10)9-15(5)7-6-13-12(2,3)4/h8,13H,6-7,9H2,1-5H3. The first-order valence-corrected chi connectivity index (χ1v) is 5.72. The Bertz CT molecular complexity index is 314. The van der Waals surface area contributed by atoms with E-state index in [4.69, 9.17) is 4.52 Å². The molecule has 0 unspecified atom stereocenters. The van der Waals surface area contributed by atoms with Crippen LogP contribution in [0.2, 0.25) is 0 Å². The molecular formula is C12H23N3O. The van der Waals surface area contributed by atoms with Gasteiger partial charge < -0.3 is 9.84 Å². The van der Waals surface area contributed by atoms with E-state index in [1.54, 1.807) is 0 Å². The van der Waals surface area contributed by atoms with Gasteiger partial charge in [-0.15, -0.1) is 0 Å². The van der Waals surface area contributed by atoms with Crippen LogP contribution in [0.4, 0.5) is 0 Å². The molecule has 0 bridgehead atoms. The van der Waals surface area contributed by atoms with Gasteiger partial charge in [0, 0.05) is 31.2 Å². The average Bonchev–Trinajstić information content (AvgIpc) is 2.48. The Balaban J connectivity index is 2.23. The fourth-order valence-electron chi connectivity index (χ4n) is 1.47. The van der Waals surface area contributed by atoms with Gasteiger partial charge in [-0.2, -0.15) is 0 Å². The number of hydrogen-bond donors (Lipinski definition) is 1. The molecule has 0 atom stereocenters. The Labute approximate surface area is 98.0 Å². The van der Waals surface area contributed by atoms with Crippen LogP contribution in [0, 0.1) is 6.92 Å². The van der Waals surface area contributed by atoms with Gasteiger partial charge in [0.15, 0.2) is 0 Å². The molecule has 16 heavy (non-hydrogen) atoms. The molecule has 0 aliphatic heterocycles. The number of likely N-dealkylation sites (N-methyl/N-ethyl adjacent to an activating group) is 1. The summed E-state index contributed by atoms with van der Waals surface area (Å²) in [5.74, 6) is 0.871. The highest BCUT2D eigenvalue weighted by Gasteiger charge is 2.09. The van der Waals surface area contributed by atoms with Crippen molar-refractivity contribution in [2.75, 3.05) is 20.1 Å². The van der Waals surface area contributed by atoms with Crippen LogP contribution in [0.5, 0.6) is 0 Å². The first-order valence-electron chi connectivity index (χ1n) is 5.72. The van der Waals surface area contributed by atoms with Crippen molar-refractivity contribution in [3.8, 4) is 0 Å². The summed E-state index contributed by atoms with van der Waals surface area (Å²) in [5, 5.41) is 7.43. The number of hydrogen-bond acceptors (Lipinski definition) is 4. The lowest BCUT2D eigenvalue weighted by Gasteiger charge is -2.23. The number of nitrogens with one attached hydrogen (secondary N) is 1. The van der Waals surface area contributed by atoms with Crippen molar-refractivity contribution < 1.29 is 4.52 Å².